The minimum atomic E-state index is -0.728. The molecule has 142 valence electrons. The maximum absolute atomic E-state index is 12.8. The Balaban J connectivity index is 2.62. The predicted octanol–water partition coefficient (Wildman–Crippen LogP) is 4.02. The summed E-state index contributed by atoms with van der Waals surface area (Å²) in [5.74, 6) is -0.0815. The molecule has 0 radical (unpaired) electrons. The van der Waals surface area contributed by atoms with Gasteiger partial charge in [-0.3, -0.25) is 0 Å². The van der Waals surface area contributed by atoms with Crippen molar-refractivity contribution in [2.75, 3.05) is 0 Å². The van der Waals surface area contributed by atoms with E-state index < -0.39 is 5.69 Å². The van der Waals surface area contributed by atoms with Crippen LogP contribution in [-0.2, 0) is 0 Å². The Morgan fingerprint density at radius 3 is 2.15 bits per heavy atom. The zero-order valence-electron chi connectivity index (χ0n) is 15.0. The predicted molar refractivity (Wildman–Crippen MR) is 105 cm³/mol. The Labute approximate surface area is 170 Å². The second-order valence-corrected chi connectivity index (χ2v) is 7.76. The molecule has 0 amide bonds. The lowest BCUT2D eigenvalue weighted by Gasteiger charge is -2.18. The molecular weight excluding hydrogens is 413 g/mol. The number of rotatable bonds is 3. The number of nitrogens with zero attached hydrogens (tertiary/aromatic N) is 5. The van der Waals surface area contributed by atoms with Gasteiger partial charge in [0.2, 0.25) is 5.15 Å². The van der Waals surface area contributed by atoms with Gasteiger partial charge in [-0.25, -0.2) is 19.5 Å². The molecule has 3 rings (SSSR count). The first-order valence-electron chi connectivity index (χ1n) is 8.20. The lowest BCUT2D eigenvalue weighted by Crippen LogP contribution is -2.37. The summed E-state index contributed by atoms with van der Waals surface area (Å²) in [6.45, 7) is 7.73. The fourth-order valence-corrected chi connectivity index (χ4v) is 3.41. The van der Waals surface area contributed by atoms with E-state index in [-0.39, 0.29) is 38.2 Å². The molecular formula is C17H16Cl3N5O2. The van der Waals surface area contributed by atoms with Crippen LogP contribution in [0, 0.1) is 5.21 Å². The quantitative estimate of drug-likeness (QED) is 0.272. The summed E-state index contributed by atoms with van der Waals surface area (Å²) in [6.07, 6.45) is 1.44. The molecule has 0 unspecified atom stereocenters. The molecule has 0 saturated carbocycles. The SMILES string of the molecule is CC(C)c1ncnc(C(C)C)c1-n1c(=O)nc(Cl)c2cc(Cl)c(Cl)[n+]([O-])c21. The summed E-state index contributed by atoms with van der Waals surface area (Å²) < 4.78 is 1.54. The lowest BCUT2D eigenvalue weighted by atomic mass is 10.0. The van der Waals surface area contributed by atoms with Crippen LogP contribution in [0.1, 0.15) is 50.9 Å². The first kappa shape index (κ1) is 19.8. The van der Waals surface area contributed by atoms with Crippen molar-refractivity contribution in [1.29, 1.82) is 0 Å². The largest absolute Gasteiger partial charge is 0.709 e. The van der Waals surface area contributed by atoms with Crippen LogP contribution in [0.3, 0.4) is 0 Å². The number of pyridine rings is 1. The second-order valence-electron chi connectivity index (χ2n) is 6.64. The molecule has 0 aromatic carbocycles. The van der Waals surface area contributed by atoms with Crippen molar-refractivity contribution >= 4 is 45.8 Å². The van der Waals surface area contributed by atoms with Crippen LogP contribution in [0.4, 0.5) is 0 Å². The van der Waals surface area contributed by atoms with Crippen LogP contribution >= 0.6 is 34.8 Å². The molecule has 0 saturated heterocycles. The van der Waals surface area contributed by atoms with Crippen LogP contribution in [0.25, 0.3) is 16.7 Å². The van der Waals surface area contributed by atoms with Crippen LogP contribution < -0.4 is 10.4 Å². The van der Waals surface area contributed by atoms with Crippen molar-refractivity contribution in [2.45, 2.75) is 39.5 Å². The molecule has 0 aliphatic heterocycles. The minimum absolute atomic E-state index is 0.00513. The lowest BCUT2D eigenvalue weighted by molar-refractivity contribution is -0.577. The minimum Gasteiger partial charge on any atom is -0.709 e. The highest BCUT2D eigenvalue weighted by Gasteiger charge is 2.29. The third-order valence-electron chi connectivity index (χ3n) is 4.10. The number of hydrogen-bond donors (Lipinski definition) is 0. The summed E-state index contributed by atoms with van der Waals surface area (Å²) >= 11 is 18.2. The molecule has 0 N–H and O–H groups in total. The Bertz CT molecular complexity index is 1090. The van der Waals surface area contributed by atoms with Crippen molar-refractivity contribution in [3.05, 3.63) is 54.8 Å². The summed E-state index contributed by atoms with van der Waals surface area (Å²) in [6, 6.07) is 1.41. The zero-order chi connectivity index (χ0) is 20.0. The molecule has 0 aliphatic carbocycles. The van der Waals surface area contributed by atoms with E-state index in [1.807, 2.05) is 27.7 Å². The van der Waals surface area contributed by atoms with Crippen molar-refractivity contribution in [1.82, 2.24) is 19.5 Å². The molecule has 0 spiro atoms. The normalized spacial score (nSPS) is 11.7. The average molecular weight is 429 g/mol. The van der Waals surface area contributed by atoms with Gasteiger partial charge < -0.3 is 5.21 Å². The second kappa shape index (κ2) is 7.22. The van der Waals surface area contributed by atoms with Crippen LogP contribution in [-0.4, -0.2) is 19.5 Å². The zero-order valence-corrected chi connectivity index (χ0v) is 17.3. The molecule has 0 bridgehead atoms. The van der Waals surface area contributed by atoms with E-state index in [9.17, 15) is 10.0 Å². The first-order chi connectivity index (χ1) is 12.6. The van der Waals surface area contributed by atoms with E-state index in [0.717, 1.165) is 0 Å². The fraction of sp³-hybridized carbons (Fsp3) is 0.353. The summed E-state index contributed by atoms with van der Waals surface area (Å²) in [4.78, 5) is 25.4. The first-order valence-corrected chi connectivity index (χ1v) is 9.33. The monoisotopic (exact) mass is 427 g/mol. The van der Waals surface area contributed by atoms with Crippen molar-refractivity contribution in [3.8, 4) is 5.69 Å². The number of fused-ring (bicyclic) bond motifs is 1. The molecule has 10 heteroatoms. The molecule has 27 heavy (non-hydrogen) atoms. The molecule has 7 nitrogen and oxygen atoms in total. The molecule has 0 fully saturated rings. The van der Waals surface area contributed by atoms with Gasteiger partial charge in [0.05, 0.1) is 11.4 Å². The van der Waals surface area contributed by atoms with E-state index in [1.54, 1.807) is 0 Å². The molecule has 0 aliphatic rings. The van der Waals surface area contributed by atoms with Gasteiger partial charge in [-0.2, -0.15) is 4.98 Å². The Kier molecular flexibility index (Phi) is 5.29. The van der Waals surface area contributed by atoms with E-state index in [1.165, 1.54) is 17.0 Å². The van der Waals surface area contributed by atoms with E-state index in [2.05, 4.69) is 15.0 Å². The van der Waals surface area contributed by atoms with Gasteiger partial charge in [0.1, 0.15) is 16.7 Å². The van der Waals surface area contributed by atoms with Crippen LogP contribution in [0.5, 0.6) is 0 Å². The Morgan fingerprint density at radius 2 is 1.63 bits per heavy atom. The third-order valence-corrected chi connectivity index (χ3v) is 5.13. The standard InChI is InChI=1S/C17H16Cl3N5O2/c1-7(2)11-13(12(8(3)4)22-6-21-11)24-16-9(14(19)23-17(24)26)5-10(18)15(20)25(16)27/h5-8H,1-4H3. The maximum atomic E-state index is 12.8. The van der Waals surface area contributed by atoms with Crippen LogP contribution in [0.2, 0.25) is 15.3 Å². The number of halogens is 3. The van der Waals surface area contributed by atoms with Crippen molar-refractivity contribution < 1.29 is 4.73 Å². The van der Waals surface area contributed by atoms with Crippen molar-refractivity contribution in [2.24, 2.45) is 0 Å². The summed E-state index contributed by atoms with van der Waals surface area (Å²) in [5, 5.41) is 12.6. The van der Waals surface area contributed by atoms with E-state index in [4.69, 9.17) is 34.8 Å². The van der Waals surface area contributed by atoms with Gasteiger partial charge >= 0.3 is 11.3 Å². The Morgan fingerprint density at radius 1 is 1.07 bits per heavy atom. The van der Waals surface area contributed by atoms with Crippen molar-refractivity contribution in [3.63, 3.8) is 0 Å². The smallest absolute Gasteiger partial charge is 0.441 e. The van der Waals surface area contributed by atoms with Gasteiger partial charge in [-0.15, -0.1) is 4.57 Å². The Hall–Kier alpha value is -1.96. The molecule has 3 aromatic heterocycles. The summed E-state index contributed by atoms with van der Waals surface area (Å²) in [7, 11) is 0. The van der Waals surface area contributed by atoms with E-state index in [0.29, 0.717) is 21.8 Å². The highest BCUT2D eigenvalue weighted by molar-refractivity contribution is 6.41. The molecule has 3 aromatic rings. The topological polar surface area (TPSA) is 87.6 Å². The van der Waals surface area contributed by atoms with Gasteiger partial charge in [-0.1, -0.05) is 50.9 Å². The third kappa shape index (κ3) is 3.24. The van der Waals surface area contributed by atoms with Gasteiger partial charge in [0, 0.05) is 0 Å². The van der Waals surface area contributed by atoms with Crippen LogP contribution in [0.15, 0.2) is 17.2 Å². The van der Waals surface area contributed by atoms with E-state index >= 15 is 0 Å². The highest BCUT2D eigenvalue weighted by Crippen LogP contribution is 2.31. The fourth-order valence-electron chi connectivity index (χ4n) is 2.88. The number of aromatic nitrogens is 5. The number of hydrogen-bond acceptors (Lipinski definition) is 5. The highest BCUT2D eigenvalue weighted by atomic mass is 35.5. The summed E-state index contributed by atoms with van der Waals surface area (Å²) in [5.41, 5.74) is 0.811. The average Bonchev–Trinajstić information content (AvgIpc) is 2.60. The maximum Gasteiger partial charge on any atom is 0.441 e. The van der Waals surface area contributed by atoms with Gasteiger partial charge in [0.15, 0.2) is 10.8 Å². The molecule has 3 heterocycles. The van der Waals surface area contributed by atoms with Gasteiger partial charge in [0.25, 0.3) is 0 Å². The molecule has 0 atom stereocenters. The van der Waals surface area contributed by atoms with Gasteiger partial charge in [-0.05, 0) is 29.5 Å².